The van der Waals surface area contributed by atoms with Gasteiger partial charge in [-0.1, -0.05) is 13.0 Å². The molecule has 1 aromatic heterocycles. The number of carbonyl (C=O) groups is 1. The van der Waals surface area contributed by atoms with Crippen molar-refractivity contribution in [1.29, 1.82) is 0 Å². The van der Waals surface area contributed by atoms with Crippen LogP contribution < -0.4 is 0 Å². The van der Waals surface area contributed by atoms with E-state index in [2.05, 4.69) is 4.98 Å². The van der Waals surface area contributed by atoms with Crippen LogP contribution in [-0.2, 0) is 47.0 Å². The first-order chi connectivity index (χ1) is 10.0. The van der Waals surface area contributed by atoms with Gasteiger partial charge in [0.15, 0.2) is 10.8 Å². The third kappa shape index (κ3) is 6.20. The van der Waals surface area contributed by atoms with Crippen molar-refractivity contribution in [3.63, 3.8) is 0 Å². The number of ether oxygens (including phenoxy) is 2. The van der Waals surface area contributed by atoms with Crippen LogP contribution in [0.5, 0.6) is 0 Å². The Bertz CT molecular complexity index is 553. The zero-order valence-corrected chi connectivity index (χ0v) is 16.7. The first-order valence-electron chi connectivity index (χ1n) is 6.32. The summed E-state index contributed by atoms with van der Waals surface area (Å²) < 4.78 is 10.5. The fourth-order valence-corrected chi connectivity index (χ4v) is 2.45. The second kappa shape index (κ2) is 10.9. The number of rotatable bonds is 8. The van der Waals surface area contributed by atoms with Crippen molar-refractivity contribution in [3.05, 3.63) is 34.0 Å². The molecule has 0 aliphatic carbocycles. The van der Waals surface area contributed by atoms with Gasteiger partial charge in [0.25, 0.3) is 0 Å². The van der Waals surface area contributed by atoms with Gasteiger partial charge in [-0.2, -0.15) is 6.08 Å². The van der Waals surface area contributed by atoms with Gasteiger partial charge >= 0.3 is 0 Å². The Morgan fingerprint density at radius 1 is 1.45 bits per heavy atom. The van der Waals surface area contributed by atoms with Crippen molar-refractivity contribution in [3.8, 4) is 0 Å². The van der Waals surface area contributed by atoms with E-state index < -0.39 is 0 Å². The first kappa shape index (κ1) is 21.3. The maximum atomic E-state index is 11.2. The molecule has 7 heteroatoms. The molecular weight excluding hydrogens is 379 g/mol. The largest absolute Gasteiger partial charge is 0.585 e. The van der Waals surface area contributed by atoms with Crippen molar-refractivity contribution in [2.75, 3.05) is 14.2 Å². The molecule has 2 atom stereocenters. The molecule has 0 saturated heterocycles. The summed E-state index contributed by atoms with van der Waals surface area (Å²) in [7, 11) is 3.07. The molecule has 1 rings (SSSR count). The molecular formula is C15H18NO4SY-. The number of thiazole rings is 1. The van der Waals surface area contributed by atoms with E-state index >= 15 is 0 Å². The molecule has 0 aliphatic rings. The molecule has 1 aromatic rings. The van der Waals surface area contributed by atoms with Crippen molar-refractivity contribution < 1.29 is 51.8 Å². The Kier molecular flexibility index (Phi) is 10.6. The van der Waals surface area contributed by atoms with Gasteiger partial charge in [0, 0.05) is 52.1 Å². The van der Waals surface area contributed by atoms with E-state index in [1.54, 1.807) is 24.9 Å². The van der Waals surface area contributed by atoms with Gasteiger partial charge in [-0.05, 0) is 24.0 Å². The average molecular weight is 397 g/mol. The summed E-state index contributed by atoms with van der Waals surface area (Å²) in [6.07, 6.45) is 6.27. The van der Waals surface area contributed by atoms with Crippen molar-refractivity contribution in [2.45, 2.75) is 20.0 Å². The fraction of sp³-hybridized carbons (Fsp3) is 0.400. The molecule has 0 saturated carbocycles. The number of hydrogen-bond donors (Lipinski definition) is 0. The van der Waals surface area contributed by atoms with Gasteiger partial charge < -0.3 is 14.3 Å². The molecule has 0 N–H and O–H groups in total. The van der Waals surface area contributed by atoms with Gasteiger partial charge in [-0.25, -0.2) is 4.98 Å². The Morgan fingerprint density at radius 3 is 2.59 bits per heavy atom. The molecule has 5 nitrogen and oxygen atoms in total. The van der Waals surface area contributed by atoms with Gasteiger partial charge in [0.2, 0.25) is 0 Å². The second-order valence-corrected chi connectivity index (χ2v) is 5.21. The van der Waals surface area contributed by atoms with Crippen LogP contribution in [-0.4, -0.2) is 37.4 Å². The first-order valence-corrected chi connectivity index (χ1v) is 7.20. The van der Waals surface area contributed by atoms with Crippen LogP contribution in [0.4, 0.5) is 0 Å². The SMILES string of the molecule is CO/C(=C/[C-]=O)C(C)C(/C=C/c1csc(C(C)=O)n1)OC.[Y]. The summed E-state index contributed by atoms with van der Waals surface area (Å²) >= 11 is 1.30. The number of carbonyl (C=O) groups excluding carboxylic acids is 2. The molecule has 22 heavy (non-hydrogen) atoms. The summed E-state index contributed by atoms with van der Waals surface area (Å²) in [6, 6.07) is 0. The van der Waals surface area contributed by atoms with Gasteiger partial charge in [-0.15, -0.1) is 11.3 Å². The minimum atomic E-state index is -0.285. The quantitative estimate of drug-likeness (QED) is 0.292. The van der Waals surface area contributed by atoms with E-state index in [0.717, 1.165) is 0 Å². The summed E-state index contributed by atoms with van der Waals surface area (Å²) in [6.45, 7) is 3.37. The minimum absolute atomic E-state index is 0. The molecule has 117 valence electrons. The zero-order valence-electron chi connectivity index (χ0n) is 13.0. The molecule has 0 aliphatic heterocycles. The summed E-state index contributed by atoms with van der Waals surface area (Å²) in [5.41, 5.74) is 0.698. The number of allylic oxidation sites excluding steroid dienone is 1. The van der Waals surface area contributed by atoms with E-state index in [4.69, 9.17) is 9.47 Å². The summed E-state index contributed by atoms with van der Waals surface area (Å²) in [5, 5.41) is 2.28. The number of aromatic nitrogens is 1. The normalized spacial score (nSPS) is 14.3. The van der Waals surface area contributed by atoms with Crippen LogP contribution in [0.2, 0.25) is 0 Å². The molecule has 0 bridgehead atoms. The van der Waals surface area contributed by atoms with Gasteiger partial charge in [0.05, 0.1) is 18.9 Å². The molecule has 1 radical (unpaired) electrons. The van der Waals surface area contributed by atoms with Crippen molar-refractivity contribution >= 4 is 29.5 Å². The number of ketones is 1. The van der Waals surface area contributed by atoms with Crippen LogP contribution >= 0.6 is 11.3 Å². The molecule has 0 aromatic carbocycles. The van der Waals surface area contributed by atoms with Crippen LogP contribution in [0, 0.1) is 5.92 Å². The topological polar surface area (TPSA) is 65.5 Å². The predicted octanol–water partition coefficient (Wildman–Crippen LogP) is 2.65. The molecule has 0 spiro atoms. The van der Waals surface area contributed by atoms with E-state index in [1.165, 1.54) is 31.4 Å². The molecule has 0 amide bonds. The Labute approximate surface area is 159 Å². The number of nitrogens with zero attached hydrogens (tertiary/aromatic N) is 1. The van der Waals surface area contributed by atoms with Gasteiger partial charge in [0.1, 0.15) is 0 Å². The monoisotopic (exact) mass is 397 g/mol. The predicted molar refractivity (Wildman–Crippen MR) is 81.9 cm³/mol. The Hall–Kier alpha value is -0.686. The Morgan fingerprint density at radius 2 is 2.14 bits per heavy atom. The van der Waals surface area contributed by atoms with E-state index in [-0.39, 0.29) is 50.5 Å². The van der Waals surface area contributed by atoms with E-state index in [0.29, 0.717) is 16.5 Å². The standard InChI is InChI=1S/C15H18NO4S.Y/c1-10(14(20-4)7-8-17)13(19-3)6-5-12-9-21-15(16-12)11(2)18;/h5-7,9-10,13H,1-4H3;/q-1;/b6-5+,14-7+;. The van der Waals surface area contributed by atoms with Crippen LogP contribution in [0.1, 0.15) is 29.3 Å². The summed E-state index contributed by atoms with van der Waals surface area (Å²) in [4.78, 5) is 25.8. The second-order valence-electron chi connectivity index (χ2n) is 4.35. The van der Waals surface area contributed by atoms with Crippen LogP contribution in [0.25, 0.3) is 6.08 Å². The smallest absolute Gasteiger partial charge is 0.188 e. The Balaban J connectivity index is 0.00000441. The molecule has 0 fully saturated rings. The summed E-state index contributed by atoms with van der Waals surface area (Å²) in [5.74, 6) is 0.287. The van der Waals surface area contributed by atoms with E-state index in [9.17, 15) is 9.59 Å². The van der Waals surface area contributed by atoms with Crippen molar-refractivity contribution in [1.82, 2.24) is 4.98 Å². The van der Waals surface area contributed by atoms with Crippen molar-refractivity contribution in [2.24, 2.45) is 5.92 Å². The number of methoxy groups -OCH3 is 2. The maximum absolute atomic E-state index is 11.2. The number of hydrogen-bond acceptors (Lipinski definition) is 6. The van der Waals surface area contributed by atoms with E-state index in [1.807, 2.05) is 13.0 Å². The third-order valence-corrected chi connectivity index (χ3v) is 3.89. The van der Waals surface area contributed by atoms with Gasteiger partial charge in [-0.3, -0.25) is 4.79 Å². The number of Topliss-reactive ketones (excluding diaryl/α,β-unsaturated/α-hetero) is 1. The van der Waals surface area contributed by atoms with Crippen LogP contribution in [0.3, 0.4) is 0 Å². The fourth-order valence-electron chi connectivity index (χ4n) is 1.76. The molecule has 2 unspecified atom stereocenters. The average Bonchev–Trinajstić information content (AvgIpc) is 2.94. The minimum Gasteiger partial charge on any atom is -0.585 e. The molecule has 1 heterocycles. The zero-order chi connectivity index (χ0) is 15.8. The maximum Gasteiger partial charge on any atom is 0.188 e. The third-order valence-electron chi connectivity index (χ3n) is 2.93. The van der Waals surface area contributed by atoms with Crippen LogP contribution in [0.15, 0.2) is 23.3 Å².